The Kier molecular flexibility index (Phi) is 9.53. The van der Waals surface area contributed by atoms with E-state index in [9.17, 15) is 18.0 Å². The summed E-state index contributed by atoms with van der Waals surface area (Å²) in [6.07, 6.45) is 1.81. The normalized spacial score (nSPS) is 13.1. The highest BCUT2D eigenvalue weighted by atomic mass is 35.5. The van der Waals surface area contributed by atoms with Crippen molar-refractivity contribution in [2.24, 2.45) is 0 Å². The minimum atomic E-state index is -3.79. The van der Waals surface area contributed by atoms with Crippen LogP contribution in [0.5, 0.6) is 0 Å². The summed E-state index contributed by atoms with van der Waals surface area (Å²) in [5.41, 5.74) is 2.87. The van der Waals surface area contributed by atoms with Gasteiger partial charge in [-0.3, -0.25) is 13.9 Å². The maximum atomic E-state index is 13.6. The van der Waals surface area contributed by atoms with E-state index in [-0.39, 0.29) is 18.5 Å². The van der Waals surface area contributed by atoms with Gasteiger partial charge in [0, 0.05) is 17.6 Å². The van der Waals surface area contributed by atoms with E-state index in [4.69, 9.17) is 11.6 Å². The highest BCUT2D eigenvalue weighted by Gasteiger charge is 2.31. The molecule has 7 nitrogen and oxygen atoms in total. The van der Waals surface area contributed by atoms with Gasteiger partial charge in [0.15, 0.2) is 0 Å². The Balaban J connectivity index is 2.42. The highest BCUT2D eigenvalue weighted by molar-refractivity contribution is 7.92. The molecule has 0 heterocycles. The number of rotatable bonds is 10. The predicted octanol–water partition coefficient (Wildman–Crippen LogP) is 4.05. The van der Waals surface area contributed by atoms with Crippen LogP contribution in [-0.2, 0) is 26.2 Å². The first kappa shape index (κ1) is 27.7. The van der Waals surface area contributed by atoms with Gasteiger partial charge >= 0.3 is 0 Å². The molecule has 0 aliphatic carbocycles. The van der Waals surface area contributed by atoms with Crippen molar-refractivity contribution in [3.63, 3.8) is 0 Å². The second-order valence-corrected chi connectivity index (χ2v) is 11.0. The van der Waals surface area contributed by atoms with Gasteiger partial charge < -0.3 is 10.2 Å². The minimum absolute atomic E-state index is 0.0462. The van der Waals surface area contributed by atoms with E-state index in [1.165, 1.54) is 4.90 Å². The molecule has 186 valence electrons. The lowest BCUT2D eigenvalue weighted by molar-refractivity contribution is -0.139. The summed E-state index contributed by atoms with van der Waals surface area (Å²) in [5.74, 6) is -0.767. The van der Waals surface area contributed by atoms with E-state index in [0.29, 0.717) is 16.3 Å². The summed E-state index contributed by atoms with van der Waals surface area (Å²) in [7, 11) is -3.79. The molecule has 2 rings (SSSR count). The molecule has 2 atom stereocenters. The summed E-state index contributed by atoms with van der Waals surface area (Å²) >= 11 is 6.04. The number of nitrogens with one attached hydrogen (secondary N) is 1. The topological polar surface area (TPSA) is 86.8 Å². The van der Waals surface area contributed by atoms with Crippen LogP contribution in [0.3, 0.4) is 0 Å². The number of amides is 2. The molecule has 0 fully saturated rings. The summed E-state index contributed by atoms with van der Waals surface area (Å²) in [4.78, 5) is 27.9. The van der Waals surface area contributed by atoms with Crippen LogP contribution in [0.2, 0.25) is 5.02 Å². The van der Waals surface area contributed by atoms with Crippen LogP contribution in [0, 0.1) is 13.8 Å². The molecule has 0 spiro atoms. The zero-order valence-corrected chi connectivity index (χ0v) is 22.2. The Morgan fingerprint density at radius 2 is 1.76 bits per heavy atom. The highest BCUT2D eigenvalue weighted by Crippen LogP contribution is 2.26. The second kappa shape index (κ2) is 11.7. The number of carbonyl (C=O) groups excluding carboxylic acids is 2. The molecule has 0 aromatic heterocycles. The van der Waals surface area contributed by atoms with Crippen LogP contribution < -0.4 is 9.62 Å². The molecule has 0 radical (unpaired) electrons. The van der Waals surface area contributed by atoms with E-state index >= 15 is 0 Å². The molecule has 9 heteroatoms. The fourth-order valence-electron chi connectivity index (χ4n) is 3.55. The first-order chi connectivity index (χ1) is 15.8. The molecule has 2 aromatic rings. The lowest BCUT2D eigenvalue weighted by Gasteiger charge is -2.32. The van der Waals surface area contributed by atoms with Gasteiger partial charge in [-0.15, -0.1) is 0 Å². The van der Waals surface area contributed by atoms with Crippen molar-refractivity contribution < 1.29 is 18.0 Å². The number of halogens is 1. The van der Waals surface area contributed by atoms with E-state index in [0.717, 1.165) is 28.1 Å². The maximum Gasteiger partial charge on any atom is 0.244 e. The van der Waals surface area contributed by atoms with Gasteiger partial charge in [0.2, 0.25) is 21.8 Å². The van der Waals surface area contributed by atoms with Crippen molar-refractivity contribution in [2.75, 3.05) is 17.1 Å². The van der Waals surface area contributed by atoms with Gasteiger partial charge in [0.05, 0.1) is 11.9 Å². The third-order valence-electron chi connectivity index (χ3n) is 5.71. The standard InChI is InChI=1S/C25H34ClN3O4S/c1-7-19(4)27-25(31)20(5)28(15-21-10-8-9-17(2)13-21)24(30)16-29(34(6,32)33)23-12-11-22(26)14-18(23)3/h8-14,19-20H,7,15-16H2,1-6H3,(H,27,31)/t19-,20+/m1/s1. The minimum Gasteiger partial charge on any atom is -0.352 e. The fourth-order valence-corrected chi connectivity index (χ4v) is 4.68. The molecule has 0 aliphatic heterocycles. The molecule has 34 heavy (non-hydrogen) atoms. The van der Waals surface area contributed by atoms with Gasteiger partial charge in [-0.05, 0) is 63.4 Å². The number of anilines is 1. The molecule has 0 unspecified atom stereocenters. The van der Waals surface area contributed by atoms with Gasteiger partial charge in [0.1, 0.15) is 12.6 Å². The molecule has 0 saturated carbocycles. The molecule has 0 aliphatic rings. The maximum absolute atomic E-state index is 13.6. The number of nitrogens with zero attached hydrogens (tertiary/aromatic N) is 2. The predicted molar refractivity (Wildman–Crippen MR) is 137 cm³/mol. The van der Waals surface area contributed by atoms with E-state index in [2.05, 4.69) is 5.32 Å². The van der Waals surface area contributed by atoms with Crippen LogP contribution >= 0.6 is 11.6 Å². The van der Waals surface area contributed by atoms with Gasteiger partial charge in [-0.2, -0.15) is 0 Å². The Labute approximate surface area is 208 Å². The van der Waals surface area contributed by atoms with Crippen molar-refractivity contribution in [1.82, 2.24) is 10.2 Å². The first-order valence-corrected chi connectivity index (χ1v) is 13.4. The summed E-state index contributed by atoms with van der Waals surface area (Å²) in [6.45, 7) is 8.93. The van der Waals surface area contributed by atoms with Gasteiger partial charge in [0.25, 0.3) is 0 Å². The van der Waals surface area contributed by atoms with Crippen molar-refractivity contribution in [3.8, 4) is 0 Å². The van der Waals surface area contributed by atoms with Gasteiger partial charge in [-0.1, -0.05) is 48.4 Å². The zero-order chi connectivity index (χ0) is 25.6. The third-order valence-corrected chi connectivity index (χ3v) is 7.07. The number of aryl methyl sites for hydroxylation is 2. The van der Waals surface area contributed by atoms with Crippen molar-refractivity contribution in [2.45, 2.75) is 59.7 Å². The number of sulfonamides is 1. The number of benzene rings is 2. The van der Waals surface area contributed by atoms with Crippen LogP contribution in [0.15, 0.2) is 42.5 Å². The summed E-state index contributed by atoms with van der Waals surface area (Å²) in [6, 6.07) is 11.6. The molecular formula is C25H34ClN3O4S. The van der Waals surface area contributed by atoms with Crippen molar-refractivity contribution in [3.05, 3.63) is 64.2 Å². The summed E-state index contributed by atoms with van der Waals surface area (Å²) in [5, 5.41) is 3.38. The van der Waals surface area contributed by atoms with Crippen LogP contribution in [-0.4, -0.2) is 50.0 Å². The molecule has 0 bridgehead atoms. The monoisotopic (exact) mass is 507 g/mol. The van der Waals surface area contributed by atoms with E-state index in [1.807, 2.05) is 45.0 Å². The Bertz CT molecular complexity index is 1140. The SMILES string of the molecule is CC[C@@H](C)NC(=O)[C@H](C)N(Cc1cccc(C)c1)C(=O)CN(c1ccc(Cl)cc1C)S(C)(=O)=O. The Morgan fingerprint density at radius 3 is 2.32 bits per heavy atom. The molecule has 1 N–H and O–H groups in total. The van der Waals surface area contributed by atoms with E-state index in [1.54, 1.807) is 32.0 Å². The van der Waals surface area contributed by atoms with Crippen LogP contribution in [0.25, 0.3) is 0 Å². The lowest BCUT2D eigenvalue weighted by Crippen LogP contribution is -2.52. The molecule has 2 aromatic carbocycles. The average molecular weight is 508 g/mol. The van der Waals surface area contributed by atoms with Gasteiger partial charge in [-0.25, -0.2) is 8.42 Å². The first-order valence-electron chi connectivity index (χ1n) is 11.2. The quantitative estimate of drug-likeness (QED) is 0.525. The molecule has 2 amide bonds. The zero-order valence-electron chi connectivity index (χ0n) is 20.6. The molecule has 0 saturated heterocycles. The lowest BCUT2D eigenvalue weighted by atomic mass is 10.1. The van der Waals surface area contributed by atoms with Crippen LogP contribution in [0.1, 0.15) is 43.9 Å². The van der Waals surface area contributed by atoms with E-state index < -0.39 is 28.5 Å². The largest absolute Gasteiger partial charge is 0.352 e. The Morgan fingerprint density at radius 1 is 1.09 bits per heavy atom. The Hall–Kier alpha value is -2.58. The smallest absolute Gasteiger partial charge is 0.244 e. The fraction of sp³-hybridized carbons (Fsp3) is 0.440. The summed E-state index contributed by atoms with van der Waals surface area (Å²) < 4.78 is 26.4. The number of carbonyl (C=O) groups is 2. The average Bonchev–Trinajstić information content (AvgIpc) is 2.74. The van der Waals surface area contributed by atoms with Crippen LogP contribution in [0.4, 0.5) is 5.69 Å². The number of hydrogen-bond donors (Lipinski definition) is 1. The number of hydrogen-bond acceptors (Lipinski definition) is 4. The molecular weight excluding hydrogens is 474 g/mol. The second-order valence-electron chi connectivity index (χ2n) is 8.70. The third kappa shape index (κ3) is 7.46. The van der Waals surface area contributed by atoms with Crippen molar-refractivity contribution in [1.29, 1.82) is 0 Å². The van der Waals surface area contributed by atoms with Crippen molar-refractivity contribution >= 4 is 39.1 Å².